The second-order valence-electron chi connectivity index (χ2n) is 8.39. The lowest BCUT2D eigenvalue weighted by atomic mass is 9.83. The minimum atomic E-state index is -0.258. The van der Waals surface area contributed by atoms with Gasteiger partial charge in [-0.15, -0.1) is 0 Å². The molecule has 2 aliphatic heterocycles. The van der Waals surface area contributed by atoms with Crippen LogP contribution in [0.4, 0.5) is 0 Å². The van der Waals surface area contributed by atoms with E-state index in [4.69, 9.17) is 21.6 Å². The second-order valence-corrected chi connectivity index (χ2v) is 8.83. The number of aryl methyl sites for hydroxylation is 1. The summed E-state index contributed by atoms with van der Waals surface area (Å²) in [5, 5.41) is 10.4. The maximum Gasteiger partial charge on any atom is 0.256 e. The molecule has 1 aromatic heterocycles. The molecular formula is C25H24ClN3O2. The fourth-order valence-electron chi connectivity index (χ4n) is 4.99. The SMILES string of the molecule is N#CCCCn1cc(C(=O)N2CCC3(CC2)OCc2ccccc23)c2ccc(Cl)cc21. The number of aromatic nitrogens is 1. The predicted molar refractivity (Wildman–Crippen MR) is 120 cm³/mol. The first-order valence-electron chi connectivity index (χ1n) is 10.8. The summed E-state index contributed by atoms with van der Waals surface area (Å²) in [4.78, 5) is 15.4. The standard InChI is InChI=1S/C25H24ClN3O2/c26-19-7-8-20-21(16-29(23(20)15-19)12-4-3-11-27)24(30)28-13-9-25(10-14-28)22-6-2-1-5-18(22)17-31-25/h1-2,5-8,15-16H,3-4,9-10,12-14,17H2. The van der Waals surface area contributed by atoms with Crippen LogP contribution >= 0.6 is 11.6 Å². The zero-order valence-corrected chi connectivity index (χ0v) is 18.1. The van der Waals surface area contributed by atoms with E-state index in [1.165, 1.54) is 11.1 Å². The van der Waals surface area contributed by atoms with E-state index in [-0.39, 0.29) is 11.5 Å². The van der Waals surface area contributed by atoms with Crippen LogP contribution in [0.25, 0.3) is 10.9 Å². The van der Waals surface area contributed by atoms with E-state index in [0.29, 0.717) is 43.2 Å². The molecule has 5 nitrogen and oxygen atoms in total. The van der Waals surface area contributed by atoms with Crippen LogP contribution in [0.15, 0.2) is 48.7 Å². The summed E-state index contributed by atoms with van der Waals surface area (Å²) in [6.45, 7) is 2.68. The van der Waals surface area contributed by atoms with Gasteiger partial charge >= 0.3 is 0 Å². The van der Waals surface area contributed by atoms with Crippen LogP contribution in [-0.2, 0) is 23.5 Å². The average molecular weight is 434 g/mol. The van der Waals surface area contributed by atoms with E-state index in [1.54, 1.807) is 0 Å². The third kappa shape index (κ3) is 3.50. The van der Waals surface area contributed by atoms with Gasteiger partial charge in [0.05, 0.1) is 29.4 Å². The first kappa shape index (κ1) is 20.1. The van der Waals surface area contributed by atoms with Crippen molar-refractivity contribution in [3.8, 4) is 6.07 Å². The molecule has 1 saturated heterocycles. The van der Waals surface area contributed by atoms with Crippen LogP contribution in [0.3, 0.4) is 0 Å². The first-order valence-corrected chi connectivity index (χ1v) is 11.2. The highest BCUT2D eigenvalue weighted by molar-refractivity contribution is 6.31. The minimum Gasteiger partial charge on any atom is -0.365 e. The molecule has 0 radical (unpaired) electrons. The van der Waals surface area contributed by atoms with Gasteiger partial charge in [0.1, 0.15) is 0 Å². The van der Waals surface area contributed by atoms with Crippen LogP contribution in [0, 0.1) is 11.3 Å². The fourth-order valence-corrected chi connectivity index (χ4v) is 5.15. The Hall–Kier alpha value is -2.81. The highest BCUT2D eigenvalue weighted by Crippen LogP contribution is 2.44. The molecule has 0 atom stereocenters. The molecule has 0 N–H and O–H groups in total. The number of ether oxygens (including phenoxy) is 1. The third-order valence-electron chi connectivity index (χ3n) is 6.63. The monoisotopic (exact) mass is 433 g/mol. The van der Waals surface area contributed by atoms with E-state index >= 15 is 0 Å². The maximum absolute atomic E-state index is 13.5. The largest absolute Gasteiger partial charge is 0.365 e. The van der Waals surface area contributed by atoms with Crippen LogP contribution in [-0.4, -0.2) is 28.5 Å². The van der Waals surface area contributed by atoms with Crippen LogP contribution in [0.5, 0.6) is 0 Å². The summed E-state index contributed by atoms with van der Waals surface area (Å²) in [6.07, 6.45) is 4.76. The second kappa shape index (κ2) is 8.03. The van der Waals surface area contributed by atoms with Crippen LogP contribution < -0.4 is 0 Å². The van der Waals surface area contributed by atoms with Gasteiger partial charge in [0.15, 0.2) is 0 Å². The Labute approximate surface area is 186 Å². The smallest absolute Gasteiger partial charge is 0.256 e. The minimum absolute atomic E-state index is 0.0486. The normalized spacial score (nSPS) is 17.1. The molecule has 158 valence electrons. The summed E-state index contributed by atoms with van der Waals surface area (Å²) in [5.41, 5.74) is 3.93. The first-order chi connectivity index (χ1) is 15.1. The highest BCUT2D eigenvalue weighted by Gasteiger charge is 2.43. The van der Waals surface area contributed by atoms with Crippen molar-refractivity contribution in [3.63, 3.8) is 0 Å². The van der Waals surface area contributed by atoms with Crippen molar-refractivity contribution in [2.24, 2.45) is 0 Å². The summed E-state index contributed by atoms with van der Waals surface area (Å²) in [5.74, 6) is 0.0486. The molecule has 6 heteroatoms. The Morgan fingerprint density at radius 1 is 1.19 bits per heavy atom. The molecule has 31 heavy (non-hydrogen) atoms. The molecule has 3 heterocycles. The molecule has 0 saturated carbocycles. The van der Waals surface area contributed by atoms with E-state index < -0.39 is 0 Å². The molecule has 5 rings (SSSR count). The van der Waals surface area contributed by atoms with Gasteiger partial charge in [0, 0.05) is 42.7 Å². The van der Waals surface area contributed by atoms with Gasteiger partial charge in [0.25, 0.3) is 5.91 Å². The van der Waals surface area contributed by atoms with Crippen LogP contribution in [0.2, 0.25) is 5.02 Å². The lowest BCUT2D eigenvalue weighted by molar-refractivity contribution is -0.0741. The third-order valence-corrected chi connectivity index (χ3v) is 6.87. The number of carbonyl (C=O) groups is 1. The molecule has 2 aromatic carbocycles. The van der Waals surface area contributed by atoms with Crippen molar-refractivity contribution in [3.05, 3.63) is 70.4 Å². The average Bonchev–Trinajstić information content (AvgIpc) is 3.33. The number of nitrogens with zero attached hydrogens (tertiary/aromatic N) is 3. The zero-order chi connectivity index (χ0) is 21.4. The number of piperidine rings is 1. The number of halogens is 1. The summed E-state index contributed by atoms with van der Waals surface area (Å²) >= 11 is 6.23. The molecule has 2 aliphatic rings. The number of unbranched alkanes of at least 4 members (excludes halogenated alkanes) is 1. The lowest BCUT2D eigenvalue weighted by Crippen LogP contribution is -2.45. The Morgan fingerprint density at radius 2 is 2.00 bits per heavy atom. The van der Waals surface area contributed by atoms with E-state index in [2.05, 4.69) is 30.3 Å². The number of hydrogen-bond donors (Lipinski definition) is 0. The number of amides is 1. The van der Waals surface area contributed by atoms with Gasteiger partial charge in [-0.05, 0) is 42.5 Å². The van der Waals surface area contributed by atoms with E-state index in [1.807, 2.05) is 33.9 Å². The van der Waals surface area contributed by atoms with Gasteiger partial charge in [0.2, 0.25) is 0 Å². The number of benzene rings is 2. The molecule has 1 fully saturated rings. The van der Waals surface area contributed by atoms with Crippen LogP contribution in [0.1, 0.15) is 47.2 Å². The molecular weight excluding hydrogens is 410 g/mol. The van der Waals surface area contributed by atoms with E-state index in [9.17, 15) is 4.79 Å². The van der Waals surface area contributed by atoms with Crippen molar-refractivity contribution in [2.75, 3.05) is 13.1 Å². The number of likely N-dealkylation sites (tertiary alicyclic amines) is 1. The van der Waals surface area contributed by atoms with Gasteiger partial charge < -0.3 is 14.2 Å². The molecule has 0 bridgehead atoms. The van der Waals surface area contributed by atoms with Crippen molar-refractivity contribution in [1.82, 2.24) is 9.47 Å². The molecule has 0 unspecified atom stereocenters. The summed E-state index contributed by atoms with van der Waals surface area (Å²) in [7, 11) is 0. The topological polar surface area (TPSA) is 58.3 Å². The summed E-state index contributed by atoms with van der Waals surface area (Å²) in [6, 6.07) is 16.3. The number of nitriles is 1. The molecule has 3 aromatic rings. The van der Waals surface area contributed by atoms with Crippen molar-refractivity contribution < 1.29 is 9.53 Å². The number of rotatable bonds is 4. The quantitative estimate of drug-likeness (QED) is 0.527. The summed E-state index contributed by atoms with van der Waals surface area (Å²) < 4.78 is 8.29. The van der Waals surface area contributed by atoms with Gasteiger partial charge in [-0.25, -0.2) is 0 Å². The van der Waals surface area contributed by atoms with Crippen molar-refractivity contribution in [2.45, 2.75) is 44.4 Å². The Kier molecular flexibility index (Phi) is 5.21. The van der Waals surface area contributed by atoms with E-state index in [0.717, 1.165) is 30.2 Å². The number of hydrogen-bond acceptors (Lipinski definition) is 3. The zero-order valence-electron chi connectivity index (χ0n) is 17.3. The fraction of sp³-hybridized carbons (Fsp3) is 0.360. The Balaban J connectivity index is 1.38. The molecule has 1 spiro atoms. The van der Waals surface area contributed by atoms with Crippen molar-refractivity contribution >= 4 is 28.4 Å². The van der Waals surface area contributed by atoms with Crippen molar-refractivity contribution in [1.29, 1.82) is 5.26 Å². The lowest BCUT2D eigenvalue weighted by Gasteiger charge is -2.39. The molecule has 1 amide bonds. The maximum atomic E-state index is 13.5. The highest BCUT2D eigenvalue weighted by atomic mass is 35.5. The number of carbonyl (C=O) groups excluding carboxylic acids is 1. The Morgan fingerprint density at radius 3 is 2.81 bits per heavy atom. The molecule has 0 aliphatic carbocycles. The predicted octanol–water partition coefficient (Wildman–Crippen LogP) is 5.26. The Bertz CT molecular complexity index is 1190. The van der Waals surface area contributed by atoms with Gasteiger partial charge in [-0.2, -0.15) is 5.26 Å². The van der Waals surface area contributed by atoms with Gasteiger partial charge in [-0.3, -0.25) is 4.79 Å². The number of fused-ring (bicyclic) bond motifs is 3. The van der Waals surface area contributed by atoms with Gasteiger partial charge in [-0.1, -0.05) is 41.9 Å².